The molecule has 3 aromatic rings. The van der Waals surface area contributed by atoms with Crippen molar-refractivity contribution in [3.05, 3.63) is 56.4 Å². The Balaban J connectivity index is 1.71. The van der Waals surface area contributed by atoms with Crippen molar-refractivity contribution >= 4 is 21.6 Å². The summed E-state index contributed by atoms with van der Waals surface area (Å²) >= 11 is 1.35. The Kier molecular flexibility index (Phi) is 5.76. The van der Waals surface area contributed by atoms with Gasteiger partial charge >= 0.3 is 6.18 Å². The van der Waals surface area contributed by atoms with Crippen LogP contribution in [0.4, 0.5) is 13.2 Å². The molecule has 150 valence electrons. The van der Waals surface area contributed by atoms with Crippen LogP contribution in [0, 0.1) is 13.8 Å². The number of fused-ring (bicyclic) bond motifs is 1. The molecule has 0 saturated carbocycles. The third-order valence-corrected chi connectivity index (χ3v) is 5.04. The fraction of sp³-hybridized carbons (Fsp3) is 0.368. The lowest BCUT2D eigenvalue weighted by molar-refractivity contribution is -0.153. The lowest BCUT2D eigenvalue weighted by Crippen LogP contribution is -2.22. The highest BCUT2D eigenvalue weighted by molar-refractivity contribution is 7.17. The van der Waals surface area contributed by atoms with Gasteiger partial charge in [-0.2, -0.15) is 13.2 Å². The molecule has 9 heteroatoms. The van der Waals surface area contributed by atoms with Crippen LogP contribution in [0.15, 0.2) is 28.4 Å². The first-order chi connectivity index (χ1) is 13.1. The van der Waals surface area contributed by atoms with Crippen molar-refractivity contribution in [1.82, 2.24) is 14.9 Å². The van der Waals surface area contributed by atoms with Gasteiger partial charge < -0.3 is 9.72 Å². The number of rotatable bonds is 6. The van der Waals surface area contributed by atoms with Gasteiger partial charge in [-0.25, -0.2) is 4.98 Å². The SMILES string of the molecule is Cc1cc(CN(C)Cc2nc3ccsc3c(=O)[nH]2)cc(C)c1OCC(F)(F)F. The number of halogens is 3. The van der Waals surface area contributed by atoms with Crippen molar-refractivity contribution in [1.29, 1.82) is 0 Å². The van der Waals surface area contributed by atoms with E-state index in [0.29, 0.717) is 40.3 Å². The van der Waals surface area contributed by atoms with E-state index in [-0.39, 0.29) is 11.3 Å². The number of nitrogens with one attached hydrogen (secondary N) is 1. The second-order valence-electron chi connectivity index (χ2n) is 6.78. The van der Waals surface area contributed by atoms with Crippen molar-refractivity contribution in [3.8, 4) is 5.75 Å². The number of aromatic amines is 1. The first-order valence-electron chi connectivity index (χ1n) is 8.57. The van der Waals surface area contributed by atoms with Gasteiger partial charge in [-0.05, 0) is 49.0 Å². The van der Waals surface area contributed by atoms with E-state index in [0.717, 1.165) is 5.56 Å². The number of benzene rings is 1. The molecule has 0 unspecified atom stereocenters. The molecule has 2 aromatic heterocycles. The molecule has 3 rings (SSSR count). The van der Waals surface area contributed by atoms with Crippen LogP contribution < -0.4 is 10.3 Å². The van der Waals surface area contributed by atoms with E-state index < -0.39 is 12.8 Å². The number of aryl methyl sites for hydroxylation is 2. The zero-order valence-electron chi connectivity index (χ0n) is 15.7. The number of H-pyrrole nitrogens is 1. The minimum atomic E-state index is -4.37. The molecule has 0 amide bonds. The molecule has 0 radical (unpaired) electrons. The number of hydrogen-bond donors (Lipinski definition) is 1. The average Bonchev–Trinajstić information content (AvgIpc) is 3.01. The van der Waals surface area contributed by atoms with Crippen LogP contribution in [0.1, 0.15) is 22.5 Å². The van der Waals surface area contributed by atoms with E-state index >= 15 is 0 Å². The number of aromatic nitrogens is 2. The Labute approximate surface area is 163 Å². The highest BCUT2D eigenvalue weighted by Gasteiger charge is 2.29. The molecule has 0 spiro atoms. The van der Waals surface area contributed by atoms with Crippen molar-refractivity contribution in [3.63, 3.8) is 0 Å². The van der Waals surface area contributed by atoms with Crippen LogP contribution in [-0.2, 0) is 13.1 Å². The second-order valence-corrected chi connectivity index (χ2v) is 7.70. The van der Waals surface area contributed by atoms with Gasteiger partial charge in [-0.15, -0.1) is 11.3 Å². The van der Waals surface area contributed by atoms with E-state index in [1.807, 2.05) is 35.5 Å². The number of ether oxygens (including phenoxy) is 1. The first kappa shape index (κ1) is 20.3. The summed E-state index contributed by atoms with van der Waals surface area (Å²) in [6, 6.07) is 5.44. The highest BCUT2D eigenvalue weighted by Crippen LogP contribution is 2.27. The van der Waals surface area contributed by atoms with Crippen molar-refractivity contribution in [2.24, 2.45) is 0 Å². The van der Waals surface area contributed by atoms with Crippen LogP contribution in [0.3, 0.4) is 0 Å². The molecule has 0 aliphatic rings. The van der Waals surface area contributed by atoms with Crippen molar-refractivity contribution in [2.75, 3.05) is 13.7 Å². The number of thiophene rings is 1. The smallest absolute Gasteiger partial charge is 0.422 e. The average molecular weight is 411 g/mol. The summed E-state index contributed by atoms with van der Waals surface area (Å²) in [6.45, 7) is 3.13. The van der Waals surface area contributed by atoms with E-state index in [1.54, 1.807) is 13.8 Å². The predicted molar refractivity (Wildman–Crippen MR) is 103 cm³/mol. The molecule has 1 N–H and O–H groups in total. The summed E-state index contributed by atoms with van der Waals surface area (Å²) < 4.78 is 42.8. The Morgan fingerprint density at radius 3 is 2.54 bits per heavy atom. The zero-order valence-corrected chi connectivity index (χ0v) is 16.5. The minimum Gasteiger partial charge on any atom is -0.484 e. The number of hydrogen-bond acceptors (Lipinski definition) is 5. The summed E-state index contributed by atoms with van der Waals surface area (Å²) in [5.74, 6) is 0.828. The fourth-order valence-corrected chi connectivity index (χ4v) is 3.86. The van der Waals surface area contributed by atoms with Gasteiger partial charge in [0.15, 0.2) is 6.61 Å². The first-order valence-corrected chi connectivity index (χ1v) is 9.45. The maximum atomic E-state index is 12.4. The van der Waals surface area contributed by atoms with Gasteiger partial charge in [0, 0.05) is 6.54 Å². The monoisotopic (exact) mass is 411 g/mol. The molecule has 0 atom stereocenters. The summed E-state index contributed by atoms with van der Waals surface area (Å²) in [5, 5.41) is 1.83. The van der Waals surface area contributed by atoms with Gasteiger partial charge in [0.2, 0.25) is 0 Å². The largest absolute Gasteiger partial charge is 0.484 e. The summed E-state index contributed by atoms with van der Waals surface area (Å²) in [7, 11) is 1.89. The summed E-state index contributed by atoms with van der Waals surface area (Å²) in [5.41, 5.74) is 2.77. The maximum absolute atomic E-state index is 12.4. The summed E-state index contributed by atoms with van der Waals surface area (Å²) in [6.07, 6.45) is -4.37. The Bertz CT molecular complexity index is 1020. The van der Waals surface area contributed by atoms with Crippen LogP contribution in [0.2, 0.25) is 0 Å². The van der Waals surface area contributed by atoms with E-state index in [1.165, 1.54) is 11.3 Å². The number of nitrogens with zero attached hydrogens (tertiary/aromatic N) is 2. The van der Waals surface area contributed by atoms with Gasteiger partial charge in [0.05, 0.1) is 12.1 Å². The molecule has 0 bridgehead atoms. The van der Waals surface area contributed by atoms with Crippen LogP contribution in [0.25, 0.3) is 10.2 Å². The minimum absolute atomic E-state index is 0.152. The Morgan fingerprint density at radius 2 is 1.89 bits per heavy atom. The Hall–Kier alpha value is -2.39. The van der Waals surface area contributed by atoms with E-state index in [4.69, 9.17) is 4.74 Å². The lowest BCUT2D eigenvalue weighted by Gasteiger charge is -2.19. The predicted octanol–water partition coefficient (Wildman–Crippen LogP) is 4.17. The van der Waals surface area contributed by atoms with Crippen LogP contribution in [-0.4, -0.2) is 34.7 Å². The van der Waals surface area contributed by atoms with Crippen molar-refractivity contribution < 1.29 is 17.9 Å². The molecule has 0 saturated heterocycles. The standard InChI is InChI=1S/C19H20F3N3O2S/c1-11-6-13(7-12(2)16(11)27-10-19(20,21)22)8-25(3)9-15-23-14-4-5-28-17(14)18(26)24-15/h4-7H,8-10H2,1-3H3,(H,23,24,26). The van der Waals surface area contributed by atoms with Gasteiger partial charge in [0.25, 0.3) is 5.56 Å². The van der Waals surface area contributed by atoms with Crippen molar-refractivity contribution in [2.45, 2.75) is 33.1 Å². The fourth-order valence-electron chi connectivity index (χ4n) is 3.13. The molecule has 2 heterocycles. The van der Waals surface area contributed by atoms with Gasteiger partial charge in [0.1, 0.15) is 16.3 Å². The van der Waals surface area contributed by atoms with E-state index in [9.17, 15) is 18.0 Å². The second kappa shape index (κ2) is 7.92. The molecular weight excluding hydrogens is 391 g/mol. The molecule has 0 aliphatic heterocycles. The zero-order chi connectivity index (χ0) is 20.5. The molecule has 0 fully saturated rings. The van der Waals surface area contributed by atoms with Gasteiger partial charge in [-0.1, -0.05) is 12.1 Å². The highest BCUT2D eigenvalue weighted by atomic mass is 32.1. The lowest BCUT2D eigenvalue weighted by atomic mass is 10.1. The molecular formula is C19H20F3N3O2S. The third-order valence-electron chi connectivity index (χ3n) is 4.14. The molecule has 0 aliphatic carbocycles. The third kappa shape index (κ3) is 4.90. The topological polar surface area (TPSA) is 58.2 Å². The number of alkyl halides is 3. The van der Waals surface area contributed by atoms with Gasteiger partial charge in [-0.3, -0.25) is 9.69 Å². The van der Waals surface area contributed by atoms with Crippen LogP contribution in [0.5, 0.6) is 5.75 Å². The quantitative estimate of drug-likeness (QED) is 0.661. The van der Waals surface area contributed by atoms with E-state index in [2.05, 4.69) is 9.97 Å². The molecule has 1 aromatic carbocycles. The molecule has 5 nitrogen and oxygen atoms in total. The van der Waals surface area contributed by atoms with Crippen LogP contribution >= 0.6 is 11.3 Å². The maximum Gasteiger partial charge on any atom is 0.422 e. The Morgan fingerprint density at radius 1 is 1.21 bits per heavy atom. The molecule has 28 heavy (non-hydrogen) atoms. The normalized spacial score (nSPS) is 12.1. The summed E-state index contributed by atoms with van der Waals surface area (Å²) in [4.78, 5) is 21.3.